The Morgan fingerprint density at radius 3 is 2.72 bits per heavy atom. The second kappa shape index (κ2) is 8.10. The van der Waals surface area contributed by atoms with E-state index >= 15 is 0 Å². The molecular formula is C18H27N3O3S. The van der Waals surface area contributed by atoms with E-state index in [1.807, 2.05) is 44.4 Å². The first-order valence-electron chi connectivity index (χ1n) is 8.28. The van der Waals surface area contributed by atoms with E-state index in [0.29, 0.717) is 19.6 Å². The summed E-state index contributed by atoms with van der Waals surface area (Å²) in [6.07, 6.45) is 1.93. The lowest BCUT2D eigenvalue weighted by Crippen LogP contribution is -2.59. The van der Waals surface area contributed by atoms with Crippen molar-refractivity contribution in [1.29, 1.82) is 0 Å². The van der Waals surface area contributed by atoms with Gasteiger partial charge in [0.25, 0.3) is 0 Å². The molecule has 1 fully saturated rings. The molecule has 0 unspecified atom stereocenters. The summed E-state index contributed by atoms with van der Waals surface area (Å²) in [5.41, 5.74) is 7.13. The number of hydrogen-bond acceptors (Lipinski definition) is 5. The third-order valence-corrected chi connectivity index (χ3v) is 5.99. The first-order chi connectivity index (χ1) is 11.8. The Morgan fingerprint density at radius 2 is 2.12 bits per heavy atom. The van der Waals surface area contributed by atoms with Crippen molar-refractivity contribution in [2.45, 2.75) is 31.2 Å². The maximum atomic E-state index is 12.6. The van der Waals surface area contributed by atoms with Gasteiger partial charge in [-0.25, -0.2) is 0 Å². The van der Waals surface area contributed by atoms with E-state index < -0.39 is 6.04 Å². The molecule has 1 saturated heterocycles. The van der Waals surface area contributed by atoms with Crippen LogP contribution in [0, 0.1) is 0 Å². The molecule has 1 atom stereocenters. The normalized spacial score (nSPS) is 16.8. The van der Waals surface area contributed by atoms with Crippen molar-refractivity contribution >= 4 is 23.6 Å². The molecule has 0 aromatic heterocycles. The van der Waals surface area contributed by atoms with E-state index in [-0.39, 0.29) is 23.1 Å². The smallest absolute Gasteiger partial charge is 0.242 e. The zero-order chi connectivity index (χ0) is 18.6. The summed E-state index contributed by atoms with van der Waals surface area (Å²) in [6, 6.07) is 7.03. The zero-order valence-corrected chi connectivity index (χ0v) is 16.1. The highest BCUT2D eigenvalue weighted by atomic mass is 32.2. The summed E-state index contributed by atoms with van der Waals surface area (Å²) in [5, 5.41) is 0. The van der Waals surface area contributed by atoms with Gasteiger partial charge in [-0.1, -0.05) is 12.1 Å². The number of thioether (sulfide) groups is 1. The quantitative estimate of drug-likeness (QED) is 0.823. The number of carbonyl (C=O) groups excluding carboxylic acids is 2. The number of piperazine rings is 1. The molecule has 2 N–H and O–H groups in total. The van der Waals surface area contributed by atoms with E-state index in [1.165, 1.54) is 0 Å². The molecule has 0 spiro atoms. The van der Waals surface area contributed by atoms with E-state index in [4.69, 9.17) is 10.5 Å². The maximum Gasteiger partial charge on any atom is 0.242 e. The van der Waals surface area contributed by atoms with Crippen molar-refractivity contribution in [3.05, 3.63) is 29.8 Å². The van der Waals surface area contributed by atoms with Gasteiger partial charge >= 0.3 is 0 Å². The fourth-order valence-corrected chi connectivity index (χ4v) is 3.03. The minimum absolute atomic E-state index is 0.0587. The topological polar surface area (TPSA) is 75.9 Å². The van der Waals surface area contributed by atoms with Crippen molar-refractivity contribution in [3.63, 3.8) is 0 Å². The standard InChI is InChI=1S/C18H27N3O3S/c1-18(2,25-4)16(19)17(23)21-9-8-20(15(22)12-21)11-13-6-5-7-14(10-13)24-3/h5-7,10,16H,8-9,11-12,19H2,1-4H3/t16-/m1/s1. The number of ether oxygens (including phenoxy) is 1. The highest BCUT2D eigenvalue weighted by Crippen LogP contribution is 2.26. The van der Waals surface area contributed by atoms with Gasteiger partial charge in [0.15, 0.2) is 0 Å². The number of carbonyl (C=O) groups is 2. The van der Waals surface area contributed by atoms with Crippen molar-refractivity contribution in [2.75, 3.05) is 33.0 Å². The number of amides is 2. The van der Waals surface area contributed by atoms with E-state index in [1.54, 1.807) is 28.7 Å². The molecule has 1 aromatic carbocycles. The lowest BCUT2D eigenvalue weighted by Gasteiger charge is -2.38. The van der Waals surface area contributed by atoms with Gasteiger partial charge in [-0.2, -0.15) is 11.8 Å². The zero-order valence-electron chi connectivity index (χ0n) is 15.3. The van der Waals surface area contributed by atoms with Crippen LogP contribution in [0.1, 0.15) is 19.4 Å². The number of benzene rings is 1. The van der Waals surface area contributed by atoms with Crippen LogP contribution >= 0.6 is 11.8 Å². The van der Waals surface area contributed by atoms with Gasteiger partial charge in [0, 0.05) is 24.4 Å². The van der Waals surface area contributed by atoms with Crippen molar-refractivity contribution in [1.82, 2.24) is 9.80 Å². The van der Waals surface area contributed by atoms with Crippen molar-refractivity contribution in [3.8, 4) is 5.75 Å². The van der Waals surface area contributed by atoms with Crippen molar-refractivity contribution in [2.24, 2.45) is 5.73 Å². The Morgan fingerprint density at radius 1 is 1.40 bits per heavy atom. The Balaban J connectivity index is 1.98. The number of rotatable bonds is 6. The molecule has 7 heteroatoms. The molecule has 1 heterocycles. The van der Waals surface area contributed by atoms with Gasteiger partial charge < -0.3 is 20.3 Å². The molecule has 2 rings (SSSR count). The predicted molar refractivity (Wildman–Crippen MR) is 101 cm³/mol. The van der Waals surface area contributed by atoms with Crippen LogP contribution in [0.25, 0.3) is 0 Å². The average Bonchev–Trinajstić information content (AvgIpc) is 2.62. The van der Waals surface area contributed by atoms with E-state index in [0.717, 1.165) is 11.3 Å². The molecule has 138 valence electrons. The van der Waals surface area contributed by atoms with Crippen LogP contribution in [-0.4, -0.2) is 65.4 Å². The highest BCUT2D eigenvalue weighted by Gasteiger charge is 2.36. The summed E-state index contributed by atoms with van der Waals surface area (Å²) in [5.74, 6) is 0.550. The van der Waals surface area contributed by atoms with Crippen LogP contribution in [0.3, 0.4) is 0 Å². The number of nitrogens with two attached hydrogens (primary N) is 1. The predicted octanol–water partition coefficient (Wildman–Crippen LogP) is 1.33. The summed E-state index contributed by atoms with van der Waals surface area (Å²) in [4.78, 5) is 28.4. The van der Waals surface area contributed by atoms with Crippen LogP contribution in [0.5, 0.6) is 5.75 Å². The SMILES string of the molecule is COc1cccc(CN2CCN(C(=O)[C@@H](N)C(C)(C)SC)CC2=O)c1. The fraction of sp³-hybridized carbons (Fsp3) is 0.556. The summed E-state index contributed by atoms with van der Waals surface area (Å²) in [6.45, 7) is 5.50. The Hall–Kier alpha value is -1.73. The van der Waals surface area contributed by atoms with E-state index in [9.17, 15) is 9.59 Å². The molecule has 1 aliphatic heterocycles. The molecule has 1 aromatic rings. The van der Waals surface area contributed by atoms with Gasteiger partial charge in [0.2, 0.25) is 11.8 Å². The van der Waals surface area contributed by atoms with Gasteiger partial charge in [-0.3, -0.25) is 9.59 Å². The van der Waals surface area contributed by atoms with Crippen LogP contribution in [0.4, 0.5) is 0 Å². The Kier molecular flexibility index (Phi) is 6.35. The molecule has 25 heavy (non-hydrogen) atoms. The van der Waals surface area contributed by atoms with Crippen LogP contribution in [-0.2, 0) is 16.1 Å². The lowest BCUT2D eigenvalue weighted by atomic mass is 10.0. The second-order valence-corrected chi connectivity index (χ2v) is 8.17. The summed E-state index contributed by atoms with van der Waals surface area (Å²) < 4.78 is 4.85. The highest BCUT2D eigenvalue weighted by molar-refractivity contribution is 8.00. The number of nitrogens with zero attached hydrogens (tertiary/aromatic N) is 2. The second-order valence-electron chi connectivity index (χ2n) is 6.71. The molecule has 1 aliphatic rings. The molecule has 0 bridgehead atoms. The third-order valence-electron chi connectivity index (χ3n) is 4.68. The number of methoxy groups -OCH3 is 1. The first kappa shape index (κ1) is 19.6. The Labute approximate surface area is 153 Å². The fourth-order valence-electron chi connectivity index (χ4n) is 2.68. The molecule has 2 amide bonds. The van der Waals surface area contributed by atoms with Gasteiger partial charge in [0.1, 0.15) is 5.75 Å². The lowest BCUT2D eigenvalue weighted by molar-refractivity contribution is -0.146. The monoisotopic (exact) mass is 365 g/mol. The van der Waals surface area contributed by atoms with Crippen LogP contribution in [0.2, 0.25) is 0 Å². The Bertz CT molecular complexity index is 636. The van der Waals surface area contributed by atoms with Gasteiger partial charge in [-0.05, 0) is 37.8 Å². The minimum Gasteiger partial charge on any atom is -0.497 e. The average molecular weight is 365 g/mol. The number of hydrogen-bond donors (Lipinski definition) is 1. The molecule has 0 aliphatic carbocycles. The molecule has 0 radical (unpaired) electrons. The van der Waals surface area contributed by atoms with Crippen LogP contribution in [0.15, 0.2) is 24.3 Å². The van der Waals surface area contributed by atoms with E-state index in [2.05, 4.69) is 0 Å². The van der Waals surface area contributed by atoms with Crippen LogP contribution < -0.4 is 10.5 Å². The van der Waals surface area contributed by atoms with Crippen molar-refractivity contribution < 1.29 is 14.3 Å². The third kappa shape index (κ3) is 4.67. The largest absolute Gasteiger partial charge is 0.497 e. The molecule has 0 saturated carbocycles. The first-order valence-corrected chi connectivity index (χ1v) is 9.51. The molecule has 6 nitrogen and oxygen atoms in total. The maximum absolute atomic E-state index is 12.6. The summed E-state index contributed by atoms with van der Waals surface area (Å²) >= 11 is 1.55. The molecular weight excluding hydrogens is 338 g/mol. The summed E-state index contributed by atoms with van der Waals surface area (Å²) in [7, 11) is 1.62. The van der Waals surface area contributed by atoms with Gasteiger partial charge in [-0.15, -0.1) is 0 Å². The minimum atomic E-state index is -0.625. The van der Waals surface area contributed by atoms with Gasteiger partial charge in [0.05, 0.1) is 19.7 Å².